The molecule has 2 atom stereocenters. The maximum Gasteiger partial charge on any atom is 0.0193 e. The molecule has 0 spiro atoms. The van der Waals surface area contributed by atoms with E-state index in [1.807, 2.05) is 0 Å². The summed E-state index contributed by atoms with van der Waals surface area (Å²) < 4.78 is 0. The third-order valence-electron chi connectivity index (χ3n) is 3.78. The SMILES string of the molecule is CC1=CCCN(C(C)C(C)CNCC(C)C)C1. The molecule has 100 valence electrons. The van der Waals surface area contributed by atoms with Crippen molar-refractivity contribution in [2.24, 2.45) is 11.8 Å². The van der Waals surface area contributed by atoms with E-state index >= 15 is 0 Å². The summed E-state index contributed by atoms with van der Waals surface area (Å²) in [5.74, 6) is 1.47. The highest BCUT2D eigenvalue weighted by Gasteiger charge is 2.21. The summed E-state index contributed by atoms with van der Waals surface area (Å²) in [5.41, 5.74) is 1.53. The maximum absolute atomic E-state index is 3.57. The van der Waals surface area contributed by atoms with Gasteiger partial charge < -0.3 is 5.32 Å². The predicted octanol–water partition coefficient (Wildman–Crippen LogP) is 2.91. The van der Waals surface area contributed by atoms with Crippen molar-refractivity contribution in [1.29, 1.82) is 0 Å². The number of nitrogens with zero attached hydrogens (tertiary/aromatic N) is 1. The molecule has 0 saturated heterocycles. The normalized spacial score (nSPS) is 21.4. The summed E-state index contributed by atoms with van der Waals surface area (Å²) in [6.45, 7) is 16.2. The minimum atomic E-state index is 0.679. The predicted molar refractivity (Wildman–Crippen MR) is 76.3 cm³/mol. The van der Waals surface area contributed by atoms with Crippen molar-refractivity contribution < 1.29 is 0 Å². The monoisotopic (exact) mass is 238 g/mol. The molecule has 0 radical (unpaired) electrons. The summed E-state index contributed by atoms with van der Waals surface area (Å²) in [7, 11) is 0. The molecule has 1 heterocycles. The molecule has 0 saturated carbocycles. The third-order valence-corrected chi connectivity index (χ3v) is 3.78. The molecule has 2 unspecified atom stereocenters. The van der Waals surface area contributed by atoms with E-state index in [2.05, 4.69) is 50.9 Å². The van der Waals surface area contributed by atoms with Crippen molar-refractivity contribution in [2.75, 3.05) is 26.2 Å². The maximum atomic E-state index is 3.57. The van der Waals surface area contributed by atoms with Crippen LogP contribution in [0.15, 0.2) is 11.6 Å². The van der Waals surface area contributed by atoms with E-state index in [1.54, 1.807) is 0 Å². The Morgan fingerprint density at radius 2 is 1.94 bits per heavy atom. The first-order valence-corrected chi connectivity index (χ1v) is 7.11. The Hall–Kier alpha value is -0.340. The van der Waals surface area contributed by atoms with Crippen LogP contribution < -0.4 is 5.32 Å². The van der Waals surface area contributed by atoms with E-state index in [-0.39, 0.29) is 0 Å². The molecule has 1 rings (SSSR count). The number of nitrogens with one attached hydrogen (secondary N) is 1. The lowest BCUT2D eigenvalue weighted by atomic mass is 9.99. The number of hydrogen-bond donors (Lipinski definition) is 1. The van der Waals surface area contributed by atoms with Crippen molar-refractivity contribution in [1.82, 2.24) is 10.2 Å². The van der Waals surface area contributed by atoms with Gasteiger partial charge in [0.25, 0.3) is 0 Å². The molecule has 0 aliphatic carbocycles. The average molecular weight is 238 g/mol. The molecule has 2 nitrogen and oxygen atoms in total. The van der Waals surface area contributed by atoms with Gasteiger partial charge >= 0.3 is 0 Å². The summed E-state index contributed by atoms with van der Waals surface area (Å²) in [6.07, 6.45) is 3.60. The fraction of sp³-hybridized carbons (Fsp3) is 0.867. The standard InChI is InChI=1S/C15H30N2/c1-12(2)9-16-10-14(4)15(5)17-8-6-7-13(3)11-17/h7,12,14-16H,6,8-11H2,1-5H3. The third kappa shape index (κ3) is 5.22. The molecule has 0 bridgehead atoms. The molecular weight excluding hydrogens is 208 g/mol. The summed E-state index contributed by atoms with van der Waals surface area (Å²) in [5, 5.41) is 3.57. The topological polar surface area (TPSA) is 15.3 Å². The number of rotatable bonds is 6. The molecule has 17 heavy (non-hydrogen) atoms. The lowest BCUT2D eigenvalue weighted by Crippen LogP contribution is -2.44. The van der Waals surface area contributed by atoms with Gasteiger partial charge in [-0.15, -0.1) is 0 Å². The van der Waals surface area contributed by atoms with Crippen LogP contribution in [0.5, 0.6) is 0 Å². The van der Waals surface area contributed by atoms with Gasteiger partial charge in [0.2, 0.25) is 0 Å². The largest absolute Gasteiger partial charge is 0.316 e. The lowest BCUT2D eigenvalue weighted by Gasteiger charge is -2.35. The molecule has 0 aromatic rings. The lowest BCUT2D eigenvalue weighted by molar-refractivity contribution is 0.168. The van der Waals surface area contributed by atoms with Crippen molar-refractivity contribution in [3.05, 3.63) is 11.6 Å². The van der Waals surface area contributed by atoms with Gasteiger partial charge in [-0.05, 0) is 45.2 Å². The molecular formula is C15H30N2. The zero-order valence-electron chi connectivity index (χ0n) is 12.3. The minimum absolute atomic E-state index is 0.679. The molecule has 0 amide bonds. The smallest absolute Gasteiger partial charge is 0.0193 e. The fourth-order valence-electron chi connectivity index (χ4n) is 2.42. The average Bonchev–Trinajstić information content (AvgIpc) is 2.27. The second-order valence-corrected chi connectivity index (χ2v) is 6.08. The van der Waals surface area contributed by atoms with Gasteiger partial charge in [0.15, 0.2) is 0 Å². The van der Waals surface area contributed by atoms with Crippen LogP contribution in [0.2, 0.25) is 0 Å². The van der Waals surface area contributed by atoms with Crippen molar-refractivity contribution in [3.8, 4) is 0 Å². The van der Waals surface area contributed by atoms with Crippen molar-refractivity contribution in [3.63, 3.8) is 0 Å². The van der Waals surface area contributed by atoms with Crippen LogP contribution in [0.1, 0.15) is 41.0 Å². The molecule has 1 aliphatic rings. The van der Waals surface area contributed by atoms with E-state index in [1.165, 1.54) is 18.5 Å². The van der Waals surface area contributed by atoms with Crippen LogP contribution in [0.3, 0.4) is 0 Å². The first-order chi connectivity index (χ1) is 8.00. The van der Waals surface area contributed by atoms with Crippen molar-refractivity contribution >= 4 is 0 Å². The van der Waals surface area contributed by atoms with Gasteiger partial charge in [0.1, 0.15) is 0 Å². The molecule has 0 fully saturated rings. The van der Waals surface area contributed by atoms with Gasteiger partial charge in [0.05, 0.1) is 0 Å². The first kappa shape index (κ1) is 14.7. The zero-order valence-corrected chi connectivity index (χ0v) is 12.3. The zero-order chi connectivity index (χ0) is 12.8. The van der Waals surface area contributed by atoms with Crippen LogP contribution in [0, 0.1) is 11.8 Å². The van der Waals surface area contributed by atoms with E-state index in [0.717, 1.165) is 31.5 Å². The quantitative estimate of drug-likeness (QED) is 0.716. The van der Waals surface area contributed by atoms with E-state index < -0.39 is 0 Å². The summed E-state index contributed by atoms with van der Waals surface area (Å²) in [4.78, 5) is 2.62. The minimum Gasteiger partial charge on any atom is -0.316 e. The second kappa shape index (κ2) is 7.17. The van der Waals surface area contributed by atoms with Gasteiger partial charge in [0, 0.05) is 19.1 Å². The van der Waals surface area contributed by atoms with Crippen LogP contribution in [-0.2, 0) is 0 Å². The van der Waals surface area contributed by atoms with Crippen molar-refractivity contribution in [2.45, 2.75) is 47.1 Å². The van der Waals surface area contributed by atoms with E-state index in [0.29, 0.717) is 6.04 Å². The van der Waals surface area contributed by atoms with Gasteiger partial charge in [-0.25, -0.2) is 0 Å². The first-order valence-electron chi connectivity index (χ1n) is 7.11. The van der Waals surface area contributed by atoms with Crippen LogP contribution in [-0.4, -0.2) is 37.1 Å². The Balaban J connectivity index is 2.30. The van der Waals surface area contributed by atoms with Crippen LogP contribution >= 0.6 is 0 Å². The Kier molecular flexibility index (Phi) is 6.21. The highest BCUT2D eigenvalue weighted by atomic mass is 15.2. The second-order valence-electron chi connectivity index (χ2n) is 6.08. The summed E-state index contributed by atoms with van der Waals surface area (Å²) >= 11 is 0. The van der Waals surface area contributed by atoms with Gasteiger partial charge in [-0.2, -0.15) is 0 Å². The van der Waals surface area contributed by atoms with Gasteiger partial charge in [-0.1, -0.05) is 32.4 Å². The Morgan fingerprint density at radius 1 is 1.24 bits per heavy atom. The van der Waals surface area contributed by atoms with Gasteiger partial charge in [-0.3, -0.25) is 4.90 Å². The Bertz CT molecular complexity index is 245. The Labute approximate surface area is 107 Å². The summed E-state index contributed by atoms with van der Waals surface area (Å²) in [6, 6.07) is 0.679. The molecule has 0 aromatic carbocycles. The van der Waals surface area contributed by atoms with E-state index in [9.17, 15) is 0 Å². The molecule has 2 heteroatoms. The highest BCUT2D eigenvalue weighted by Crippen LogP contribution is 2.16. The van der Waals surface area contributed by atoms with Crippen LogP contribution in [0.25, 0.3) is 0 Å². The number of hydrogen-bond acceptors (Lipinski definition) is 2. The van der Waals surface area contributed by atoms with Crippen LogP contribution in [0.4, 0.5) is 0 Å². The van der Waals surface area contributed by atoms with E-state index in [4.69, 9.17) is 0 Å². The highest BCUT2D eigenvalue weighted by molar-refractivity contribution is 5.05. The molecule has 0 aromatic heterocycles. The fourth-order valence-corrected chi connectivity index (χ4v) is 2.42. The molecule has 1 N–H and O–H groups in total. The Morgan fingerprint density at radius 3 is 2.53 bits per heavy atom. The molecule has 1 aliphatic heterocycles.